The minimum atomic E-state index is -4.63. The fourth-order valence-electron chi connectivity index (χ4n) is 3.74. The Morgan fingerprint density at radius 2 is 1.83 bits per heavy atom. The lowest BCUT2D eigenvalue weighted by atomic mass is 9.93. The fraction of sp³-hybridized carbons (Fsp3) is 0.360. The van der Waals surface area contributed by atoms with Gasteiger partial charge in [0.2, 0.25) is 5.91 Å². The van der Waals surface area contributed by atoms with E-state index in [1.807, 2.05) is 13.8 Å². The molecule has 0 aliphatic carbocycles. The first-order valence-electron chi connectivity index (χ1n) is 11.1. The van der Waals surface area contributed by atoms with Crippen LogP contribution in [0.2, 0.25) is 0 Å². The number of carbonyl (C=O) groups excluding carboxylic acids is 1. The van der Waals surface area contributed by atoms with Gasteiger partial charge in [0.05, 0.1) is 17.7 Å². The average molecular weight is 488 g/mol. The molecular weight excluding hydrogens is 459 g/mol. The van der Waals surface area contributed by atoms with Crippen LogP contribution < -0.4 is 15.8 Å². The Kier molecular flexibility index (Phi) is 8.06. The number of benzene rings is 1. The number of nitrogens with zero attached hydrogens (tertiary/aromatic N) is 3. The number of hydrogen-bond donors (Lipinski definition) is 2. The average Bonchev–Trinajstić information content (AvgIpc) is 2.77. The third kappa shape index (κ3) is 7.74. The van der Waals surface area contributed by atoms with Crippen molar-refractivity contribution in [2.45, 2.75) is 45.3 Å². The minimum absolute atomic E-state index is 0.0130. The summed E-state index contributed by atoms with van der Waals surface area (Å²) in [5.74, 6) is -0.174. The van der Waals surface area contributed by atoms with Crippen molar-refractivity contribution < 1.29 is 22.7 Å². The van der Waals surface area contributed by atoms with Gasteiger partial charge < -0.3 is 15.8 Å². The molecule has 1 atom stereocenters. The van der Waals surface area contributed by atoms with Crippen molar-refractivity contribution in [3.63, 3.8) is 0 Å². The highest BCUT2D eigenvalue weighted by Crippen LogP contribution is 2.39. The molecule has 0 radical (unpaired) electrons. The number of aromatic nitrogens is 3. The van der Waals surface area contributed by atoms with E-state index in [1.165, 1.54) is 43.0 Å². The van der Waals surface area contributed by atoms with Crippen LogP contribution in [0.15, 0.2) is 55.1 Å². The quantitative estimate of drug-likeness (QED) is 0.446. The van der Waals surface area contributed by atoms with Crippen LogP contribution in [0.3, 0.4) is 0 Å². The fourth-order valence-corrected chi connectivity index (χ4v) is 3.74. The van der Waals surface area contributed by atoms with Gasteiger partial charge in [-0.2, -0.15) is 13.2 Å². The number of rotatable bonds is 9. The highest BCUT2D eigenvalue weighted by Gasteiger charge is 2.35. The summed E-state index contributed by atoms with van der Waals surface area (Å²) >= 11 is 0. The summed E-state index contributed by atoms with van der Waals surface area (Å²) in [4.78, 5) is 24.3. The largest absolute Gasteiger partial charge is 0.491 e. The van der Waals surface area contributed by atoms with E-state index in [-0.39, 0.29) is 36.4 Å². The van der Waals surface area contributed by atoms with E-state index < -0.39 is 17.3 Å². The minimum Gasteiger partial charge on any atom is -0.491 e. The predicted molar refractivity (Wildman–Crippen MR) is 127 cm³/mol. The van der Waals surface area contributed by atoms with E-state index in [2.05, 4.69) is 20.3 Å². The number of halogens is 3. The van der Waals surface area contributed by atoms with Crippen molar-refractivity contribution in [3.05, 3.63) is 66.4 Å². The van der Waals surface area contributed by atoms with Crippen LogP contribution in [0.5, 0.6) is 5.75 Å². The zero-order chi connectivity index (χ0) is 25.6. The molecule has 0 saturated carbocycles. The van der Waals surface area contributed by atoms with Gasteiger partial charge in [-0.1, -0.05) is 19.9 Å². The summed E-state index contributed by atoms with van der Waals surface area (Å²) in [6.45, 7) is 5.68. The molecule has 0 fully saturated rings. The van der Waals surface area contributed by atoms with E-state index in [1.54, 1.807) is 13.0 Å². The van der Waals surface area contributed by atoms with Crippen LogP contribution in [0.1, 0.15) is 38.4 Å². The zero-order valence-electron chi connectivity index (χ0n) is 19.8. The molecular formula is C25H28F3N5O2. The molecule has 10 heteroatoms. The summed E-state index contributed by atoms with van der Waals surface area (Å²) in [5.41, 5.74) is 5.76. The smallest absolute Gasteiger partial charge is 0.419 e. The van der Waals surface area contributed by atoms with Gasteiger partial charge in [0.25, 0.3) is 0 Å². The van der Waals surface area contributed by atoms with Crippen LogP contribution in [-0.2, 0) is 17.4 Å². The maximum Gasteiger partial charge on any atom is 0.419 e. The Morgan fingerprint density at radius 3 is 2.49 bits per heavy atom. The molecule has 0 bridgehead atoms. The number of amides is 1. The molecule has 3 rings (SSSR count). The SMILES string of the molecule is CC(C)C[C@](C)(N)COc1ccc(-c2ccnc(NC(=O)Cc3cnccn3)c2)cc1C(F)(F)F. The molecule has 0 spiro atoms. The third-order valence-corrected chi connectivity index (χ3v) is 5.04. The normalized spacial score (nSPS) is 13.4. The Balaban J connectivity index is 1.80. The van der Waals surface area contributed by atoms with Crippen molar-refractivity contribution in [1.82, 2.24) is 15.0 Å². The van der Waals surface area contributed by atoms with Crippen LogP contribution in [-0.4, -0.2) is 33.0 Å². The molecule has 7 nitrogen and oxygen atoms in total. The molecule has 3 N–H and O–H groups in total. The number of ether oxygens (including phenoxy) is 1. The number of pyridine rings is 1. The summed E-state index contributed by atoms with van der Waals surface area (Å²) < 4.78 is 47.1. The summed E-state index contributed by atoms with van der Waals surface area (Å²) in [6.07, 6.45) is 1.83. The van der Waals surface area contributed by atoms with Gasteiger partial charge in [-0.3, -0.25) is 14.8 Å². The lowest BCUT2D eigenvalue weighted by molar-refractivity contribution is -0.139. The molecule has 186 valence electrons. The summed E-state index contributed by atoms with van der Waals surface area (Å²) in [5, 5.41) is 2.63. The zero-order valence-corrected chi connectivity index (χ0v) is 19.8. The molecule has 35 heavy (non-hydrogen) atoms. The topological polar surface area (TPSA) is 103 Å². The van der Waals surface area contributed by atoms with Gasteiger partial charge in [-0.05, 0) is 54.7 Å². The number of alkyl halides is 3. The molecule has 3 aromatic rings. The summed E-state index contributed by atoms with van der Waals surface area (Å²) in [6, 6.07) is 6.90. The first-order valence-corrected chi connectivity index (χ1v) is 11.1. The number of nitrogens with two attached hydrogens (primary N) is 1. The molecule has 0 aliphatic rings. The van der Waals surface area contributed by atoms with Crippen LogP contribution in [0.4, 0.5) is 19.0 Å². The number of anilines is 1. The van der Waals surface area contributed by atoms with Gasteiger partial charge in [0.1, 0.15) is 18.2 Å². The van der Waals surface area contributed by atoms with E-state index in [0.717, 1.165) is 6.07 Å². The maximum atomic E-state index is 13.8. The molecule has 2 heterocycles. The second kappa shape index (κ2) is 10.8. The van der Waals surface area contributed by atoms with Crippen LogP contribution in [0, 0.1) is 5.92 Å². The van der Waals surface area contributed by atoms with Crippen molar-refractivity contribution in [3.8, 4) is 16.9 Å². The first kappa shape index (κ1) is 26.1. The van der Waals surface area contributed by atoms with Gasteiger partial charge in [0.15, 0.2) is 0 Å². The maximum absolute atomic E-state index is 13.8. The number of carbonyl (C=O) groups is 1. The molecule has 2 aromatic heterocycles. The van der Waals surface area contributed by atoms with Gasteiger partial charge in [-0.15, -0.1) is 0 Å². The molecule has 0 saturated heterocycles. The van der Waals surface area contributed by atoms with E-state index >= 15 is 0 Å². The predicted octanol–water partition coefficient (Wildman–Crippen LogP) is 4.88. The van der Waals surface area contributed by atoms with E-state index in [9.17, 15) is 18.0 Å². The third-order valence-electron chi connectivity index (χ3n) is 5.04. The lowest BCUT2D eigenvalue weighted by Crippen LogP contribution is -2.43. The van der Waals surface area contributed by atoms with Gasteiger partial charge >= 0.3 is 6.18 Å². The Labute approximate surface area is 202 Å². The molecule has 1 aromatic carbocycles. The second-order valence-electron chi connectivity index (χ2n) is 9.10. The highest BCUT2D eigenvalue weighted by molar-refractivity contribution is 5.91. The Bertz CT molecular complexity index is 1150. The van der Waals surface area contributed by atoms with Gasteiger partial charge in [-0.25, -0.2) is 4.98 Å². The number of nitrogens with one attached hydrogen (secondary N) is 1. The highest BCUT2D eigenvalue weighted by atomic mass is 19.4. The van der Waals surface area contributed by atoms with Crippen molar-refractivity contribution in [1.29, 1.82) is 0 Å². The molecule has 0 aliphatic heterocycles. The van der Waals surface area contributed by atoms with Crippen molar-refractivity contribution in [2.75, 3.05) is 11.9 Å². The lowest BCUT2D eigenvalue weighted by Gasteiger charge is -2.27. The van der Waals surface area contributed by atoms with E-state index in [0.29, 0.717) is 23.2 Å². The van der Waals surface area contributed by atoms with Gasteiger partial charge in [0, 0.05) is 30.3 Å². The van der Waals surface area contributed by atoms with Crippen LogP contribution >= 0.6 is 0 Å². The van der Waals surface area contributed by atoms with Crippen molar-refractivity contribution in [2.24, 2.45) is 11.7 Å². The Morgan fingerprint density at radius 1 is 1.09 bits per heavy atom. The Hall–Kier alpha value is -3.53. The van der Waals surface area contributed by atoms with Crippen molar-refractivity contribution >= 4 is 11.7 Å². The van der Waals surface area contributed by atoms with Crippen LogP contribution in [0.25, 0.3) is 11.1 Å². The monoisotopic (exact) mass is 487 g/mol. The summed E-state index contributed by atoms with van der Waals surface area (Å²) in [7, 11) is 0. The molecule has 0 unspecified atom stereocenters. The van der Waals surface area contributed by atoms with E-state index in [4.69, 9.17) is 10.5 Å². The first-order chi connectivity index (χ1) is 16.4. The standard InChI is InChI=1S/C25H28F3N5O2/c1-16(2)13-24(3,29)15-35-21-5-4-17(10-20(21)25(26,27)28)18-6-7-32-22(11-18)33-23(34)12-19-14-30-8-9-31-19/h4-11,14,16H,12-13,15,29H2,1-3H3,(H,32,33,34)/t24-/m0/s1. The second-order valence-corrected chi connectivity index (χ2v) is 9.10. The molecule has 1 amide bonds. The number of hydrogen-bond acceptors (Lipinski definition) is 6.